The fourth-order valence-electron chi connectivity index (χ4n) is 2.72. The van der Waals surface area contributed by atoms with E-state index in [2.05, 4.69) is 31.9 Å². The van der Waals surface area contributed by atoms with Gasteiger partial charge in [0.25, 0.3) is 11.8 Å². The molecule has 0 spiro atoms. The number of benzene rings is 2. The number of hydrogen-bond acceptors (Lipinski definition) is 2. The first-order valence-electron chi connectivity index (χ1n) is 7.65. The van der Waals surface area contributed by atoms with Gasteiger partial charge in [0.1, 0.15) is 0 Å². The predicted molar refractivity (Wildman–Crippen MR) is 100 cm³/mol. The molecule has 0 aliphatic carbocycles. The number of amides is 2. The Kier molecular flexibility index (Phi) is 5.36. The molecule has 0 atom stereocenters. The van der Waals surface area contributed by atoms with Crippen molar-refractivity contribution in [1.82, 2.24) is 9.80 Å². The standard InChI is InChI=1S/C18H16Br2N2O2/c19-15-7-3-1-5-13(15)17(23)21-9-11-22(12-10-21)18(24)14-6-2-4-8-16(14)20/h1-8H,9-12H2. The maximum atomic E-state index is 12.6. The molecule has 0 bridgehead atoms. The molecular weight excluding hydrogens is 436 g/mol. The van der Waals surface area contributed by atoms with Crippen LogP contribution in [0.4, 0.5) is 0 Å². The lowest BCUT2D eigenvalue weighted by Gasteiger charge is -2.35. The van der Waals surface area contributed by atoms with Crippen LogP contribution in [0.15, 0.2) is 57.5 Å². The second-order valence-corrected chi connectivity index (χ2v) is 7.25. The van der Waals surface area contributed by atoms with Crippen molar-refractivity contribution in [2.45, 2.75) is 0 Å². The van der Waals surface area contributed by atoms with E-state index >= 15 is 0 Å². The summed E-state index contributed by atoms with van der Waals surface area (Å²) in [6.45, 7) is 2.15. The molecule has 1 heterocycles. The highest BCUT2D eigenvalue weighted by Crippen LogP contribution is 2.21. The summed E-state index contributed by atoms with van der Waals surface area (Å²) in [7, 11) is 0. The van der Waals surface area contributed by atoms with Crippen LogP contribution in [0.2, 0.25) is 0 Å². The Hall–Kier alpha value is -1.66. The molecule has 6 heteroatoms. The van der Waals surface area contributed by atoms with E-state index in [4.69, 9.17) is 0 Å². The van der Waals surface area contributed by atoms with E-state index in [1.807, 2.05) is 48.5 Å². The van der Waals surface area contributed by atoms with Gasteiger partial charge in [0, 0.05) is 35.1 Å². The molecule has 2 aromatic carbocycles. The molecule has 0 N–H and O–H groups in total. The smallest absolute Gasteiger partial charge is 0.255 e. The minimum Gasteiger partial charge on any atom is -0.335 e. The lowest BCUT2D eigenvalue weighted by atomic mass is 10.1. The predicted octanol–water partition coefficient (Wildman–Crippen LogP) is 3.81. The van der Waals surface area contributed by atoms with Crippen molar-refractivity contribution in [2.75, 3.05) is 26.2 Å². The van der Waals surface area contributed by atoms with E-state index in [0.717, 1.165) is 8.95 Å². The van der Waals surface area contributed by atoms with Gasteiger partial charge in [-0.05, 0) is 56.1 Å². The molecule has 1 aliphatic rings. The number of rotatable bonds is 2. The summed E-state index contributed by atoms with van der Waals surface area (Å²) in [6.07, 6.45) is 0. The monoisotopic (exact) mass is 450 g/mol. The highest BCUT2D eigenvalue weighted by molar-refractivity contribution is 9.10. The second kappa shape index (κ2) is 7.49. The Labute approximate surface area is 157 Å². The highest BCUT2D eigenvalue weighted by atomic mass is 79.9. The molecule has 2 aromatic rings. The van der Waals surface area contributed by atoms with Gasteiger partial charge >= 0.3 is 0 Å². The van der Waals surface area contributed by atoms with E-state index in [0.29, 0.717) is 37.3 Å². The van der Waals surface area contributed by atoms with Crippen molar-refractivity contribution in [3.05, 3.63) is 68.6 Å². The van der Waals surface area contributed by atoms with Crippen LogP contribution < -0.4 is 0 Å². The second-order valence-electron chi connectivity index (χ2n) is 5.54. The first-order chi connectivity index (χ1) is 11.6. The Bertz CT molecular complexity index is 706. The van der Waals surface area contributed by atoms with Crippen molar-refractivity contribution in [3.8, 4) is 0 Å². The van der Waals surface area contributed by atoms with E-state index < -0.39 is 0 Å². The summed E-state index contributed by atoms with van der Waals surface area (Å²) < 4.78 is 1.59. The van der Waals surface area contributed by atoms with E-state index in [1.165, 1.54) is 0 Å². The average Bonchev–Trinajstić information content (AvgIpc) is 2.61. The third-order valence-corrected chi connectivity index (χ3v) is 5.45. The molecule has 0 radical (unpaired) electrons. The fraction of sp³-hybridized carbons (Fsp3) is 0.222. The van der Waals surface area contributed by atoms with Gasteiger partial charge in [0.15, 0.2) is 0 Å². The van der Waals surface area contributed by atoms with Gasteiger partial charge in [-0.3, -0.25) is 9.59 Å². The molecule has 124 valence electrons. The lowest BCUT2D eigenvalue weighted by Crippen LogP contribution is -2.50. The van der Waals surface area contributed by atoms with Gasteiger partial charge in [0.2, 0.25) is 0 Å². The zero-order valence-electron chi connectivity index (χ0n) is 12.9. The summed E-state index contributed by atoms with van der Waals surface area (Å²) in [5.41, 5.74) is 1.31. The van der Waals surface area contributed by atoms with Crippen molar-refractivity contribution in [3.63, 3.8) is 0 Å². The summed E-state index contributed by atoms with van der Waals surface area (Å²) in [6, 6.07) is 14.8. The summed E-state index contributed by atoms with van der Waals surface area (Å²) in [4.78, 5) is 28.8. The van der Waals surface area contributed by atoms with Crippen LogP contribution in [0.1, 0.15) is 20.7 Å². The quantitative estimate of drug-likeness (QED) is 0.696. The zero-order valence-corrected chi connectivity index (χ0v) is 16.1. The maximum absolute atomic E-state index is 12.6. The third-order valence-electron chi connectivity index (χ3n) is 4.06. The number of halogens is 2. The molecule has 0 unspecified atom stereocenters. The normalized spacial score (nSPS) is 14.6. The molecule has 24 heavy (non-hydrogen) atoms. The Balaban J connectivity index is 1.66. The van der Waals surface area contributed by atoms with Gasteiger partial charge in [-0.15, -0.1) is 0 Å². The first-order valence-corrected chi connectivity index (χ1v) is 9.24. The highest BCUT2D eigenvalue weighted by Gasteiger charge is 2.26. The minimum absolute atomic E-state index is 0.00420. The molecule has 3 rings (SSSR count). The van der Waals surface area contributed by atoms with Crippen molar-refractivity contribution in [2.24, 2.45) is 0 Å². The Morgan fingerprint density at radius 2 is 1.00 bits per heavy atom. The van der Waals surface area contributed by atoms with Crippen molar-refractivity contribution >= 4 is 43.7 Å². The van der Waals surface area contributed by atoms with Crippen LogP contribution >= 0.6 is 31.9 Å². The third kappa shape index (κ3) is 3.54. The van der Waals surface area contributed by atoms with E-state index in [1.54, 1.807) is 9.80 Å². The largest absolute Gasteiger partial charge is 0.335 e. The average molecular weight is 452 g/mol. The number of carbonyl (C=O) groups is 2. The summed E-state index contributed by atoms with van der Waals surface area (Å²) in [5, 5.41) is 0. The lowest BCUT2D eigenvalue weighted by molar-refractivity contribution is 0.0534. The minimum atomic E-state index is -0.00420. The summed E-state index contributed by atoms with van der Waals surface area (Å²) in [5.74, 6) is -0.00840. The van der Waals surface area contributed by atoms with Crippen LogP contribution in [0.3, 0.4) is 0 Å². The van der Waals surface area contributed by atoms with Crippen LogP contribution in [-0.2, 0) is 0 Å². The van der Waals surface area contributed by atoms with Crippen molar-refractivity contribution in [1.29, 1.82) is 0 Å². The van der Waals surface area contributed by atoms with Gasteiger partial charge in [-0.1, -0.05) is 24.3 Å². The van der Waals surface area contributed by atoms with Gasteiger partial charge < -0.3 is 9.80 Å². The van der Waals surface area contributed by atoms with E-state index in [-0.39, 0.29) is 11.8 Å². The number of piperazine rings is 1. The number of hydrogen-bond donors (Lipinski definition) is 0. The first kappa shape index (κ1) is 17.2. The van der Waals surface area contributed by atoms with Crippen LogP contribution in [0, 0.1) is 0 Å². The fourth-order valence-corrected chi connectivity index (χ4v) is 3.63. The molecule has 1 fully saturated rings. The number of nitrogens with zero attached hydrogens (tertiary/aromatic N) is 2. The number of carbonyl (C=O) groups excluding carboxylic acids is 2. The van der Waals surface area contributed by atoms with Gasteiger partial charge in [-0.25, -0.2) is 0 Å². The Morgan fingerprint density at radius 3 is 1.33 bits per heavy atom. The maximum Gasteiger partial charge on any atom is 0.255 e. The van der Waals surface area contributed by atoms with Gasteiger partial charge in [-0.2, -0.15) is 0 Å². The SMILES string of the molecule is O=C(c1ccccc1Br)N1CCN(C(=O)c2ccccc2Br)CC1. The van der Waals surface area contributed by atoms with Crippen LogP contribution in [0.5, 0.6) is 0 Å². The van der Waals surface area contributed by atoms with Crippen LogP contribution in [0.25, 0.3) is 0 Å². The summed E-state index contributed by atoms with van der Waals surface area (Å²) >= 11 is 6.84. The molecule has 0 aromatic heterocycles. The van der Waals surface area contributed by atoms with Crippen molar-refractivity contribution < 1.29 is 9.59 Å². The van der Waals surface area contributed by atoms with Gasteiger partial charge in [0.05, 0.1) is 11.1 Å². The molecule has 1 aliphatic heterocycles. The molecule has 1 saturated heterocycles. The van der Waals surface area contributed by atoms with E-state index in [9.17, 15) is 9.59 Å². The molecule has 2 amide bonds. The topological polar surface area (TPSA) is 40.6 Å². The molecule has 4 nitrogen and oxygen atoms in total. The van der Waals surface area contributed by atoms with Crippen LogP contribution in [-0.4, -0.2) is 47.8 Å². The molecule has 0 saturated carbocycles. The molecular formula is C18H16Br2N2O2. The zero-order chi connectivity index (χ0) is 17.1. The Morgan fingerprint density at radius 1 is 0.667 bits per heavy atom.